The van der Waals surface area contributed by atoms with Crippen molar-refractivity contribution >= 4 is 146 Å². The molecule has 0 unspecified atom stereocenters. The lowest BCUT2D eigenvalue weighted by atomic mass is 10.0. The van der Waals surface area contributed by atoms with Crippen LogP contribution in [0.15, 0.2) is 130 Å². The fourth-order valence-electron chi connectivity index (χ4n) is 6.82. The van der Waals surface area contributed by atoms with E-state index in [1.165, 1.54) is 31.2 Å². The van der Waals surface area contributed by atoms with Crippen LogP contribution in [0, 0.1) is 39.7 Å². The second-order valence-corrected chi connectivity index (χ2v) is 23.7. The minimum atomic E-state index is -5.44. The lowest BCUT2D eigenvalue weighted by molar-refractivity contribution is -0.384. The molecule has 0 spiro atoms. The van der Waals surface area contributed by atoms with E-state index in [4.69, 9.17) is 23.2 Å². The molecule has 27 nitrogen and oxygen atoms in total. The number of anilines is 4. The third kappa shape index (κ3) is 11.9. The minimum Gasteiger partial charge on any atom is -0.339 e. The van der Waals surface area contributed by atoms with Crippen molar-refractivity contribution in [2.45, 2.75) is 31.4 Å². The van der Waals surface area contributed by atoms with Gasteiger partial charge in [-0.15, -0.1) is 20.5 Å². The van der Waals surface area contributed by atoms with Crippen molar-refractivity contribution in [2.75, 3.05) is 10.6 Å². The first-order valence-electron chi connectivity index (χ1n) is 19.5. The van der Waals surface area contributed by atoms with E-state index in [1.807, 2.05) is 12.1 Å². The number of fused-ring (bicyclic) bond motifs is 1. The number of nitro benzene ring substituents is 1. The molecule has 2 heterocycles. The molecule has 2 aromatic heterocycles. The van der Waals surface area contributed by atoms with Gasteiger partial charge in [-0.2, -0.15) is 52.6 Å². The second kappa shape index (κ2) is 20.3. The highest BCUT2D eigenvalue weighted by molar-refractivity contribution is 7.87. The Kier molecular flexibility index (Phi) is 15.0. The third-order valence-corrected chi connectivity index (χ3v) is 16.4. The van der Waals surface area contributed by atoms with Gasteiger partial charge in [-0.25, -0.2) is 4.98 Å². The van der Waals surface area contributed by atoms with Crippen molar-refractivity contribution in [3.8, 4) is 23.3 Å². The van der Waals surface area contributed by atoms with Gasteiger partial charge in [0.1, 0.15) is 48.0 Å². The van der Waals surface area contributed by atoms with Crippen LogP contribution in [0.2, 0.25) is 10.0 Å². The van der Waals surface area contributed by atoms with E-state index >= 15 is 0 Å². The number of halogens is 2. The molecular weight excluding hydrogens is 1160 g/mol. The molecule has 0 saturated heterocycles. The molecule has 7 rings (SSSR count). The number of non-ortho nitro benzene ring substituents is 1. The molecule has 0 saturated carbocycles. The number of nitrogens with zero attached hydrogens (tertiary/aromatic N) is 8. The van der Waals surface area contributed by atoms with Gasteiger partial charge in [0, 0.05) is 45.4 Å². The van der Waals surface area contributed by atoms with Crippen LogP contribution >= 0.6 is 34.5 Å². The van der Waals surface area contributed by atoms with Crippen LogP contribution in [0.1, 0.15) is 16.7 Å². The molecule has 0 amide bonds. The molecule has 5 aromatic carbocycles. The SMILES string of the molecule is Cc1c(C#N)c(Nc2ccc(Cl)c(S(=O)(=O)O)c2)nc(Nc2ccc(Cl)c(S(=O)(=O)O)c2)c1N=Nc1sc(N=Nc2cc(S(=O)(=O)O)c3cc(S(=O)(=O)O)cc(S(=O)(=O)O)c3c2)c(-c2ccc([N+](=O)[O-])cc2)c1C#N. The summed E-state index contributed by atoms with van der Waals surface area (Å²) in [6.07, 6.45) is 0. The standard InChI is InChI=1S/C40H24Cl2N10O17S6/c1-18-27(16-43)37(45-20-4-8-29(41)33(11-20)74(64,65)66)47-38(46-21-5-9-30(42)34(12-21)75(67,68)69)36(18)49-50-39-28(17-44)35(19-2-6-23(7-3-19)52(53)54)40(70-39)51-48-22-10-25-26(31(13-22)72(58,59)60)14-24(71(55,56)57)15-32(25)73(61,62)63/h2-15H,1H3,(H2,45,46,47)(H,55,56,57)(H,58,59,60)(H,61,62,63)(H,64,65,66)(H,67,68,69). The van der Waals surface area contributed by atoms with Gasteiger partial charge in [-0.05, 0) is 85.3 Å². The maximum absolute atomic E-state index is 12.7. The van der Waals surface area contributed by atoms with Crippen molar-refractivity contribution in [3.63, 3.8) is 0 Å². The molecule has 75 heavy (non-hydrogen) atoms. The summed E-state index contributed by atoms with van der Waals surface area (Å²) in [5.74, 6) is -0.663. The Labute approximate surface area is 436 Å². The summed E-state index contributed by atoms with van der Waals surface area (Å²) in [4.78, 5) is 10.1. The maximum atomic E-state index is 12.7. The van der Waals surface area contributed by atoms with Crippen LogP contribution < -0.4 is 10.6 Å². The molecule has 386 valence electrons. The van der Waals surface area contributed by atoms with Gasteiger partial charge in [0.2, 0.25) is 0 Å². The van der Waals surface area contributed by atoms with E-state index < -0.39 is 107 Å². The van der Waals surface area contributed by atoms with Crippen molar-refractivity contribution in [3.05, 3.63) is 122 Å². The molecule has 0 bridgehead atoms. The lowest BCUT2D eigenvalue weighted by Crippen LogP contribution is -2.07. The Morgan fingerprint density at radius 2 is 1.09 bits per heavy atom. The van der Waals surface area contributed by atoms with E-state index in [0.717, 1.165) is 42.5 Å². The largest absolute Gasteiger partial charge is 0.339 e. The molecule has 0 atom stereocenters. The van der Waals surface area contributed by atoms with E-state index in [9.17, 15) is 85.5 Å². The summed E-state index contributed by atoms with van der Waals surface area (Å²) >= 11 is 12.6. The predicted octanol–water partition coefficient (Wildman–Crippen LogP) is 9.78. The number of rotatable bonds is 15. The summed E-state index contributed by atoms with van der Waals surface area (Å²) in [6, 6.07) is 17.0. The average Bonchev–Trinajstić information content (AvgIpc) is 3.66. The summed E-state index contributed by atoms with van der Waals surface area (Å²) in [7, 11) is -25.9. The highest BCUT2D eigenvalue weighted by Crippen LogP contribution is 2.49. The Morgan fingerprint density at radius 3 is 1.59 bits per heavy atom. The first-order valence-corrected chi connectivity index (χ1v) is 28.3. The van der Waals surface area contributed by atoms with Gasteiger partial charge in [-0.1, -0.05) is 34.5 Å². The van der Waals surface area contributed by atoms with Crippen LogP contribution in [-0.2, 0) is 50.6 Å². The molecule has 0 fully saturated rings. The summed E-state index contributed by atoms with van der Waals surface area (Å²) in [6.45, 7) is 1.34. The number of nitrogens with one attached hydrogen (secondary N) is 2. The Balaban J connectivity index is 1.45. The van der Waals surface area contributed by atoms with Crippen LogP contribution in [-0.4, -0.2) is 74.8 Å². The molecule has 7 N–H and O–H groups in total. The number of nitriles is 2. The zero-order valence-corrected chi connectivity index (χ0v) is 42.9. The molecule has 0 radical (unpaired) electrons. The van der Waals surface area contributed by atoms with E-state index in [1.54, 1.807) is 0 Å². The number of aromatic nitrogens is 1. The molecule has 0 aliphatic heterocycles. The fourth-order valence-corrected chi connectivity index (χ4v) is 11.8. The monoisotopic (exact) mass is 1180 g/mol. The molecule has 35 heteroatoms. The lowest BCUT2D eigenvalue weighted by Gasteiger charge is -2.16. The highest BCUT2D eigenvalue weighted by atomic mass is 35.5. The number of azo groups is 2. The molecule has 0 aliphatic rings. The Hall–Kier alpha value is -7.48. The van der Waals surface area contributed by atoms with Crippen LogP contribution in [0.5, 0.6) is 0 Å². The second-order valence-electron chi connectivity index (χ2n) is 14.9. The van der Waals surface area contributed by atoms with E-state index in [-0.39, 0.29) is 71.5 Å². The number of benzene rings is 5. The van der Waals surface area contributed by atoms with Gasteiger partial charge >= 0.3 is 0 Å². The highest BCUT2D eigenvalue weighted by Gasteiger charge is 2.28. The van der Waals surface area contributed by atoms with Crippen molar-refractivity contribution in [1.82, 2.24) is 4.98 Å². The number of nitro groups is 1. The summed E-state index contributed by atoms with van der Waals surface area (Å²) in [5, 5.41) is 51.7. The quantitative estimate of drug-likeness (QED) is 0.0217. The Morgan fingerprint density at radius 1 is 0.600 bits per heavy atom. The van der Waals surface area contributed by atoms with Crippen molar-refractivity contribution in [2.24, 2.45) is 20.5 Å². The number of pyridine rings is 1. The van der Waals surface area contributed by atoms with E-state index in [0.29, 0.717) is 29.5 Å². The minimum absolute atomic E-state index is 0.0477. The number of thiophene rings is 1. The zero-order chi connectivity index (χ0) is 55.3. The first kappa shape index (κ1) is 55.3. The van der Waals surface area contributed by atoms with Gasteiger partial charge in [0.15, 0.2) is 16.6 Å². The third-order valence-electron chi connectivity index (χ3n) is 10.1. The van der Waals surface area contributed by atoms with Crippen LogP contribution in [0.25, 0.3) is 21.9 Å². The maximum Gasteiger partial charge on any atom is 0.296 e. The molecular formula is C40H24Cl2N10O17S6. The van der Waals surface area contributed by atoms with Crippen molar-refractivity contribution < 1.29 is 69.8 Å². The van der Waals surface area contributed by atoms with Gasteiger partial charge in [-0.3, -0.25) is 32.9 Å². The fraction of sp³-hybridized carbons (Fsp3) is 0.0250. The van der Waals surface area contributed by atoms with Gasteiger partial charge in [0.25, 0.3) is 56.3 Å². The van der Waals surface area contributed by atoms with Crippen LogP contribution in [0.3, 0.4) is 0 Å². The average molecular weight is 1180 g/mol. The molecule has 0 aliphatic carbocycles. The van der Waals surface area contributed by atoms with Gasteiger partial charge < -0.3 is 10.6 Å². The van der Waals surface area contributed by atoms with Crippen molar-refractivity contribution in [1.29, 1.82) is 10.5 Å². The van der Waals surface area contributed by atoms with E-state index in [2.05, 4.69) is 36.1 Å². The van der Waals surface area contributed by atoms with Crippen LogP contribution in [0.4, 0.5) is 50.1 Å². The topological polar surface area (TPSA) is 449 Å². The normalized spacial score (nSPS) is 12.5. The zero-order valence-electron chi connectivity index (χ0n) is 36.5. The Bertz CT molecular complexity index is 4370. The summed E-state index contributed by atoms with van der Waals surface area (Å²) < 4.78 is 172. The number of hydrogen-bond acceptors (Lipinski definition) is 22. The smallest absolute Gasteiger partial charge is 0.296 e. The number of hydrogen-bond donors (Lipinski definition) is 7. The molecule has 7 aromatic rings. The first-order chi connectivity index (χ1) is 34.8. The van der Waals surface area contributed by atoms with Gasteiger partial charge in [0.05, 0.1) is 31.1 Å². The summed E-state index contributed by atoms with van der Waals surface area (Å²) in [5.41, 5.74) is -2.34. The predicted molar refractivity (Wildman–Crippen MR) is 266 cm³/mol.